The summed E-state index contributed by atoms with van der Waals surface area (Å²) in [6.45, 7) is 3.20. The molecule has 26 heavy (non-hydrogen) atoms. The second-order valence-corrected chi connectivity index (χ2v) is 7.11. The van der Waals surface area contributed by atoms with E-state index in [4.69, 9.17) is 16.3 Å². The van der Waals surface area contributed by atoms with Crippen LogP contribution >= 0.6 is 11.6 Å². The summed E-state index contributed by atoms with van der Waals surface area (Å²) >= 11 is 5.95. The van der Waals surface area contributed by atoms with E-state index in [2.05, 4.69) is 24.2 Å². The van der Waals surface area contributed by atoms with Crippen LogP contribution in [-0.2, 0) is 0 Å². The molecule has 2 atom stereocenters. The van der Waals surface area contributed by atoms with E-state index in [1.54, 1.807) is 12.1 Å². The fourth-order valence-electron chi connectivity index (χ4n) is 3.06. The summed E-state index contributed by atoms with van der Waals surface area (Å²) in [5.41, 5.74) is 0.831. The van der Waals surface area contributed by atoms with Crippen LogP contribution in [0, 0.1) is 5.82 Å². The standard InChI is InChI=1S/C20H22ClFN2O2/c1-13-10-17(8-9-24(13)2)26-16-5-3-4-15(12-16)23-20(25)18-7-6-14(22)11-19(18)21/h3-7,11-13,17H,8-10H2,1-2H3,(H,23,25)/t13-,17+/m1/s1. The van der Waals surface area contributed by atoms with Crippen molar-refractivity contribution >= 4 is 23.2 Å². The van der Waals surface area contributed by atoms with Crippen LogP contribution in [-0.4, -0.2) is 36.5 Å². The molecule has 1 amide bonds. The van der Waals surface area contributed by atoms with E-state index < -0.39 is 5.82 Å². The van der Waals surface area contributed by atoms with Crippen molar-refractivity contribution in [3.63, 3.8) is 0 Å². The Kier molecular flexibility index (Phi) is 5.79. The predicted octanol–water partition coefficient (Wildman–Crippen LogP) is 4.59. The second-order valence-electron chi connectivity index (χ2n) is 6.70. The van der Waals surface area contributed by atoms with Gasteiger partial charge in [0.1, 0.15) is 17.7 Å². The highest BCUT2D eigenvalue weighted by Crippen LogP contribution is 2.25. The average Bonchev–Trinajstić information content (AvgIpc) is 2.58. The lowest BCUT2D eigenvalue weighted by Crippen LogP contribution is -2.41. The first-order chi connectivity index (χ1) is 12.4. The van der Waals surface area contributed by atoms with Crippen molar-refractivity contribution in [3.05, 3.63) is 58.9 Å². The number of carbonyl (C=O) groups is 1. The van der Waals surface area contributed by atoms with Gasteiger partial charge in [0.15, 0.2) is 0 Å². The zero-order chi connectivity index (χ0) is 18.7. The number of anilines is 1. The van der Waals surface area contributed by atoms with Crippen molar-refractivity contribution in [1.29, 1.82) is 0 Å². The fourth-order valence-corrected chi connectivity index (χ4v) is 3.32. The van der Waals surface area contributed by atoms with E-state index in [1.807, 2.05) is 12.1 Å². The van der Waals surface area contributed by atoms with Gasteiger partial charge in [-0.1, -0.05) is 17.7 Å². The summed E-state index contributed by atoms with van der Waals surface area (Å²) in [5, 5.41) is 2.86. The number of piperidine rings is 1. The Morgan fingerprint density at radius 2 is 2.12 bits per heavy atom. The van der Waals surface area contributed by atoms with Crippen LogP contribution < -0.4 is 10.1 Å². The summed E-state index contributed by atoms with van der Waals surface area (Å²) in [6, 6.07) is 11.5. The maximum absolute atomic E-state index is 13.1. The van der Waals surface area contributed by atoms with E-state index in [0.717, 1.165) is 31.2 Å². The van der Waals surface area contributed by atoms with Crippen LogP contribution in [0.15, 0.2) is 42.5 Å². The van der Waals surface area contributed by atoms with Gasteiger partial charge >= 0.3 is 0 Å². The average molecular weight is 377 g/mol. The number of rotatable bonds is 4. The number of hydrogen-bond acceptors (Lipinski definition) is 3. The first-order valence-corrected chi connectivity index (χ1v) is 9.03. The maximum atomic E-state index is 13.1. The van der Waals surface area contributed by atoms with Crippen molar-refractivity contribution in [2.45, 2.75) is 31.9 Å². The van der Waals surface area contributed by atoms with E-state index >= 15 is 0 Å². The van der Waals surface area contributed by atoms with Gasteiger partial charge in [0, 0.05) is 24.3 Å². The molecule has 1 N–H and O–H groups in total. The lowest BCUT2D eigenvalue weighted by atomic mass is 10.0. The lowest BCUT2D eigenvalue weighted by molar-refractivity contribution is 0.0791. The van der Waals surface area contributed by atoms with Gasteiger partial charge in [0.25, 0.3) is 5.91 Å². The van der Waals surface area contributed by atoms with E-state index in [9.17, 15) is 9.18 Å². The predicted molar refractivity (Wildman–Crippen MR) is 102 cm³/mol. The van der Waals surface area contributed by atoms with Gasteiger partial charge in [-0.15, -0.1) is 0 Å². The van der Waals surface area contributed by atoms with Gasteiger partial charge in [0.05, 0.1) is 10.6 Å². The molecule has 6 heteroatoms. The Balaban J connectivity index is 1.66. The minimum Gasteiger partial charge on any atom is -0.490 e. The molecule has 3 rings (SSSR count). The SMILES string of the molecule is C[C@@H]1C[C@@H](Oc2cccc(NC(=O)c3ccc(F)cc3Cl)c2)CCN1C. The number of nitrogens with one attached hydrogen (secondary N) is 1. The highest BCUT2D eigenvalue weighted by molar-refractivity contribution is 6.34. The third-order valence-corrected chi connectivity index (χ3v) is 5.04. The van der Waals surface area contributed by atoms with Gasteiger partial charge in [-0.05, 0) is 57.1 Å². The van der Waals surface area contributed by atoms with Crippen molar-refractivity contribution in [1.82, 2.24) is 4.90 Å². The Labute approximate surface area is 157 Å². The molecular formula is C20H22ClFN2O2. The number of likely N-dealkylation sites (tertiary alicyclic amines) is 1. The fraction of sp³-hybridized carbons (Fsp3) is 0.350. The summed E-state index contributed by atoms with van der Waals surface area (Å²) in [5.74, 6) is -0.149. The van der Waals surface area contributed by atoms with Crippen LogP contribution in [0.2, 0.25) is 5.02 Å². The second kappa shape index (κ2) is 8.06. The zero-order valence-corrected chi connectivity index (χ0v) is 15.6. The molecule has 1 aliphatic rings. The Morgan fingerprint density at radius 3 is 2.85 bits per heavy atom. The van der Waals surface area contributed by atoms with Gasteiger partial charge in [-0.2, -0.15) is 0 Å². The molecule has 2 aromatic rings. The molecule has 1 saturated heterocycles. The molecule has 0 unspecified atom stereocenters. The molecule has 0 aromatic heterocycles. The highest BCUT2D eigenvalue weighted by Gasteiger charge is 2.24. The van der Waals surface area contributed by atoms with Crippen LogP contribution in [0.25, 0.3) is 0 Å². The first-order valence-electron chi connectivity index (χ1n) is 8.66. The molecule has 0 saturated carbocycles. The minimum absolute atomic E-state index is 0.0789. The van der Waals surface area contributed by atoms with Crippen LogP contribution in [0.1, 0.15) is 30.1 Å². The molecule has 1 heterocycles. The Hall–Kier alpha value is -2.11. The number of carbonyl (C=O) groups excluding carboxylic acids is 1. The highest BCUT2D eigenvalue weighted by atomic mass is 35.5. The van der Waals surface area contributed by atoms with E-state index in [-0.39, 0.29) is 22.6 Å². The topological polar surface area (TPSA) is 41.6 Å². The van der Waals surface area contributed by atoms with E-state index in [0.29, 0.717) is 11.7 Å². The largest absolute Gasteiger partial charge is 0.490 e. The van der Waals surface area contributed by atoms with Crippen molar-refractivity contribution < 1.29 is 13.9 Å². The number of halogens is 2. The number of ether oxygens (including phenoxy) is 1. The molecule has 0 bridgehead atoms. The molecular weight excluding hydrogens is 355 g/mol. The Bertz CT molecular complexity index is 799. The summed E-state index contributed by atoms with van der Waals surface area (Å²) in [7, 11) is 2.12. The normalized spacial score (nSPS) is 20.6. The zero-order valence-electron chi connectivity index (χ0n) is 14.8. The van der Waals surface area contributed by atoms with Gasteiger partial charge < -0.3 is 15.0 Å². The first kappa shape index (κ1) is 18.7. The van der Waals surface area contributed by atoms with Crippen molar-refractivity contribution in [2.75, 3.05) is 18.9 Å². The molecule has 0 aliphatic carbocycles. The van der Waals surface area contributed by atoms with Crippen LogP contribution in [0.5, 0.6) is 5.75 Å². The maximum Gasteiger partial charge on any atom is 0.257 e. The molecule has 0 radical (unpaired) electrons. The number of hydrogen-bond donors (Lipinski definition) is 1. The number of amides is 1. The summed E-state index contributed by atoms with van der Waals surface area (Å²) in [6.07, 6.45) is 2.11. The molecule has 1 fully saturated rings. The van der Waals surface area contributed by atoms with Crippen molar-refractivity contribution in [2.24, 2.45) is 0 Å². The molecule has 138 valence electrons. The molecule has 4 nitrogen and oxygen atoms in total. The lowest BCUT2D eigenvalue weighted by Gasteiger charge is -2.35. The number of benzene rings is 2. The minimum atomic E-state index is -0.477. The van der Waals surface area contributed by atoms with Crippen LogP contribution in [0.4, 0.5) is 10.1 Å². The third kappa shape index (κ3) is 4.54. The summed E-state index contributed by atoms with van der Waals surface area (Å²) < 4.78 is 19.2. The Morgan fingerprint density at radius 1 is 1.31 bits per heavy atom. The summed E-state index contributed by atoms with van der Waals surface area (Å²) in [4.78, 5) is 14.7. The monoisotopic (exact) mass is 376 g/mol. The number of nitrogens with zero attached hydrogens (tertiary/aromatic N) is 1. The van der Waals surface area contributed by atoms with Gasteiger partial charge in [-0.25, -0.2) is 4.39 Å². The molecule has 0 spiro atoms. The molecule has 2 aromatic carbocycles. The smallest absolute Gasteiger partial charge is 0.257 e. The molecule has 1 aliphatic heterocycles. The van der Waals surface area contributed by atoms with Crippen molar-refractivity contribution in [3.8, 4) is 5.75 Å². The van der Waals surface area contributed by atoms with Gasteiger partial charge in [-0.3, -0.25) is 4.79 Å². The van der Waals surface area contributed by atoms with Crippen LogP contribution in [0.3, 0.4) is 0 Å². The van der Waals surface area contributed by atoms with Gasteiger partial charge in [0.2, 0.25) is 0 Å². The third-order valence-electron chi connectivity index (χ3n) is 4.73. The van der Waals surface area contributed by atoms with E-state index in [1.165, 1.54) is 12.1 Å². The quantitative estimate of drug-likeness (QED) is 0.848.